The van der Waals surface area contributed by atoms with Gasteiger partial charge in [0.1, 0.15) is 12.4 Å². The molecule has 0 bridgehead atoms. The van der Waals surface area contributed by atoms with Crippen molar-refractivity contribution in [2.75, 3.05) is 19.9 Å². The molecule has 0 saturated heterocycles. The number of amides is 1. The van der Waals surface area contributed by atoms with Gasteiger partial charge < -0.3 is 19.5 Å². The van der Waals surface area contributed by atoms with E-state index < -0.39 is 0 Å². The van der Waals surface area contributed by atoms with Crippen molar-refractivity contribution in [3.05, 3.63) is 59.7 Å². The number of carbonyl (C=O) groups excluding carboxylic acids is 1. The van der Waals surface area contributed by atoms with Crippen LogP contribution in [-0.2, 0) is 4.79 Å². The quantitative estimate of drug-likeness (QED) is 0.655. The van der Waals surface area contributed by atoms with E-state index in [-0.39, 0.29) is 12.7 Å². The Balaban J connectivity index is 1.41. The first kappa shape index (κ1) is 15.9. The Hall–Kier alpha value is -2.95. The van der Waals surface area contributed by atoms with E-state index in [1.807, 2.05) is 49.4 Å². The Morgan fingerprint density at radius 1 is 1.17 bits per heavy atom. The van der Waals surface area contributed by atoms with Crippen LogP contribution in [0.15, 0.2) is 48.5 Å². The molecule has 124 valence electrons. The third-order valence-corrected chi connectivity index (χ3v) is 3.51. The molecule has 2 aromatic carbocycles. The lowest BCUT2D eigenvalue weighted by Gasteiger charge is -2.06. The smallest absolute Gasteiger partial charge is 0.244 e. The second kappa shape index (κ2) is 7.55. The molecule has 0 aromatic heterocycles. The number of aryl methyl sites for hydroxylation is 1. The molecule has 0 atom stereocenters. The van der Waals surface area contributed by atoms with E-state index in [0.717, 1.165) is 17.1 Å². The highest BCUT2D eigenvalue weighted by atomic mass is 16.7. The summed E-state index contributed by atoms with van der Waals surface area (Å²) in [6.07, 6.45) is 3.22. The molecule has 2 aromatic rings. The number of benzene rings is 2. The van der Waals surface area contributed by atoms with Gasteiger partial charge >= 0.3 is 0 Å². The molecular weight excluding hydrogens is 306 g/mol. The Labute approximate surface area is 140 Å². The van der Waals surface area contributed by atoms with Crippen molar-refractivity contribution < 1.29 is 19.0 Å². The fourth-order valence-corrected chi connectivity index (χ4v) is 2.23. The third kappa shape index (κ3) is 4.29. The molecule has 1 amide bonds. The van der Waals surface area contributed by atoms with E-state index in [1.54, 1.807) is 6.08 Å². The van der Waals surface area contributed by atoms with Crippen LogP contribution in [0.5, 0.6) is 17.2 Å². The first-order valence-electron chi connectivity index (χ1n) is 7.76. The lowest BCUT2D eigenvalue weighted by molar-refractivity contribution is -0.116. The topological polar surface area (TPSA) is 56.8 Å². The highest BCUT2D eigenvalue weighted by molar-refractivity contribution is 5.91. The van der Waals surface area contributed by atoms with Gasteiger partial charge in [-0.25, -0.2) is 0 Å². The van der Waals surface area contributed by atoms with Crippen molar-refractivity contribution in [1.29, 1.82) is 0 Å². The predicted molar refractivity (Wildman–Crippen MR) is 91.3 cm³/mol. The van der Waals surface area contributed by atoms with E-state index in [2.05, 4.69) is 5.32 Å². The highest BCUT2D eigenvalue weighted by Crippen LogP contribution is 2.32. The minimum Gasteiger partial charge on any atom is -0.492 e. The van der Waals surface area contributed by atoms with Gasteiger partial charge in [-0.2, -0.15) is 0 Å². The Bertz CT molecular complexity index is 738. The van der Waals surface area contributed by atoms with Crippen LogP contribution in [0, 0.1) is 6.92 Å². The highest BCUT2D eigenvalue weighted by Gasteiger charge is 2.12. The average molecular weight is 325 g/mol. The van der Waals surface area contributed by atoms with Crippen molar-refractivity contribution in [3.63, 3.8) is 0 Å². The van der Waals surface area contributed by atoms with E-state index >= 15 is 0 Å². The minimum atomic E-state index is -0.167. The van der Waals surface area contributed by atoms with E-state index in [1.165, 1.54) is 11.6 Å². The zero-order valence-electron chi connectivity index (χ0n) is 13.5. The molecule has 5 nitrogen and oxygen atoms in total. The van der Waals surface area contributed by atoms with E-state index in [4.69, 9.17) is 14.2 Å². The van der Waals surface area contributed by atoms with Gasteiger partial charge in [0.2, 0.25) is 12.7 Å². The van der Waals surface area contributed by atoms with Crippen LogP contribution in [-0.4, -0.2) is 25.9 Å². The molecule has 3 rings (SSSR count). The number of carbonyl (C=O) groups is 1. The standard InChI is InChI=1S/C19H19NO4/c1-14-2-6-16(7-3-14)22-11-10-20-19(21)9-5-15-4-8-17-18(12-15)24-13-23-17/h2-9,12H,10-11,13H2,1H3,(H,20,21). The van der Waals surface area contributed by atoms with Crippen molar-refractivity contribution in [2.45, 2.75) is 6.92 Å². The van der Waals surface area contributed by atoms with Gasteiger partial charge in [-0.15, -0.1) is 0 Å². The lowest BCUT2D eigenvalue weighted by Crippen LogP contribution is -2.26. The van der Waals surface area contributed by atoms with Crippen LogP contribution < -0.4 is 19.5 Å². The molecule has 1 aliphatic rings. The fourth-order valence-electron chi connectivity index (χ4n) is 2.23. The molecule has 0 aliphatic carbocycles. The number of hydrogen-bond acceptors (Lipinski definition) is 4. The fraction of sp³-hybridized carbons (Fsp3) is 0.211. The van der Waals surface area contributed by atoms with Crippen molar-refractivity contribution in [1.82, 2.24) is 5.32 Å². The zero-order chi connectivity index (χ0) is 16.8. The summed E-state index contributed by atoms with van der Waals surface area (Å²) in [5.41, 5.74) is 2.06. The average Bonchev–Trinajstić information content (AvgIpc) is 3.06. The molecule has 1 N–H and O–H groups in total. The van der Waals surface area contributed by atoms with Crippen molar-refractivity contribution in [2.24, 2.45) is 0 Å². The monoisotopic (exact) mass is 325 g/mol. The molecule has 0 saturated carbocycles. The summed E-state index contributed by atoms with van der Waals surface area (Å²) in [6, 6.07) is 13.3. The maximum atomic E-state index is 11.8. The summed E-state index contributed by atoms with van der Waals surface area (Å²) in [5.74, 6) is 2.06. The number of fused-ring (bicyclic) bond motifs is 1. The molecule has 1 aliphatic heterocycles. The summed E-state index contributed by atoms with van der Waals surface area (Å²) < 4.78 is 16.1. The Kier molecular flexibility index (Phi) is 5.01. The predicted octanol–water partition coefficient (Wildman–Crippen LogP) is 2.93. The molecule has 0 unspecified atom stereocenters. The normalized spacial score (nSPS) is 12.4. The van der Waals surface area contributed by atoms with Crippen LogP contribution in [0.25, 0.3) is 6.08 Å². The minimum absolute atomic E-state index is 0.167. The van der Waals surface area contributed by atoms with Crippen LogP contribution in [0.2, 0.25) is 0 Å². The van der Waals surface area contributed by atoms with E-state index in [0.29, 0.717) is 18.9 Å². The van der Waals surface area contributed by atoms with Crippen LogP contribution in [0.1, 0.15) is 11.1 Å². The molecule has 1 heterocycles. The summed E-state index contributed by atoms with van der Waals surface area (Å²) >= 11 is 0. The Morgan fingerprint density at radius 2 is 1.96 bits per heavy atom. The van der Waals surface area contributed by atoms with Crippen LogP contribution in [0.4, 0.5) is 0 Å². The van der Waals surface area contributed by atoms with Gasteiger partial charge in [-0.05, 0) is 42.8 Å². The molecule has 0 radical (unpaired) electrons. The molecular formula is C19H19NO4. The Morgan fingerprint density at radius 3 is 2.79 bits per heavy atom. The molecule has 24 heavy (non-hydrogen) atoms. The number of hydrogen-bond donors (Lipinski definition) is 1. The van der Waals surface area contributed by atoms with Crippen LogP contribution >= 0.6 is 0 Å². The third-order valence-electron chi connectivity index (χ3n) is 3.51. The number of nitrogens with one attached hydrogen (secondary N) is 1. The maximum Gasteiger partial charge on any atom is 0.244 e. The largest absolute Gasteiger partial charge is 0.492 e. The number of ether oxygens (including phenoxy) is 3. The zero-order valence-corrected chi connectivity index (χ0v) is 13.5. The SMILES string of the molecule is Cc1ccc(OCCNC(=O)C=Cc2ccc3c(c2)OCO3)cc1. The summed E-state index contributed by atoms with van der Waals surface area (Å²) in [5, 5.41) is 2.78. The van der Waals surface area contributed by atoms with E-state index in [9.17, 15) is 4.79 Å². The number of rotatable bonds is 6. The van der Waals surface area contributed by atoms with Crippen molar-refractivity contribution in [3.8, 4) is 17.2 Å². The summed E-state index contributed by atoms with van der Waals surface area (Å²) in [4.78, 5) is 11.8. The lowest BCUT2D eigenvalue weighted by atomic mass is 10.2. The second-order valence-corrected chi connectivity index (χ2v) is 5.40. The first-order valence-corrected chi connectivity index (χ1v) is 7.76. The van der Waals surface area contributed by atoms with Gasteiger partial charge in [0, 0.05) is 6.08 Å². The van der Waals surface area contributed by atoms with Gasteiger partial charge in [0.15, 0.2) is 11.5 Å². The van der Waals surface area contributed by atoms with Crippen LogP contribution in [0.3, 0.4) is 0 Å². The first-order chi connectivity index (χ1) is 11.7. The second-order valence-electron chi connectivity index (χ2n) is 5.40. The van der Waals surface area contributed by atoms with Gasteiger partial charge in [0.25, 0.3) is 0 Å². The van der Waals surface area contributed by atoms with Gasteiger partial charge in [-0.3, -0.25) is 4.79 Å². The molecule has 0 spiro atoms. The molecule has 0 fully saturated rings. The maximum absolute atomic E-state index is 11.8. The van der Waals surface area contributed by atoms with Crippen molar-refractivity contribution >= 4 is 12.0 Å². The molecule has 5 heteroatoms. The van der Waals surface area contributed by atoms with Gasteiger partial charge in [0.05, 0.1) is 6.54 Å². The summed E-state index contributed by atoms with van der Waals surface area (Å²) in [6.45, 7) is 3.13. The van der Waals surface area contributed by atoms with Gasteiger partial charge in [-0.1, -0.05) is 23.8 Å². The summed E-state index contributed by atoms with van der Waals surface area (Å²) in [7, 11) is 0.